The minimum absolute atomic E-state index is 0.897. The van der Waals surface area contributed by atoms with Gasteiger partial charge in [0.2, 0.25) is 0 Å². The van der Waals surface area contributed by atoms with Gasteiger partial charge in [-0.05, 0) is 18.4 Å². The fraction of sp³-hybridized carbons (Fsp3) is 0.556. The van der Waals surface area contributed by atoms with Gasteiger partial charge in [-0.2, -0.15) is 0 Å². The lowest BCUT2D eigenvalue weighted by Gasteiger charge is -1.98. The van der Waals surface area contributed by atoms with Gasteiger partial charge in [0.15, 0.2) is 5.16 Å². The molecule has 0 spiro atoms. The van der Waals surface area contributed by atoms with Crippen LogP contribution in [0.1, 0.15) is 25.8 Å². The molecule has 66 valence electrons. The first-order valence-corrected chi connectivity index (χ1v) is 5.29. The quantitative estimate of drug-likeness (QED) is 0.528. The van der Waals surface area contributed by atoms with Crippen molar-refractivity contribution in [1.82, 2.24) is 9.97 Å². The van der Waals surface area contributed by atoms with Crippen LogP contribution in [0.2, 0.25) is 0 Å². The van der Waals surface area contributed by atoms with Crippen molar-refractivity contribution in [1.29, 1.82) is 0 Å². The molecule has 0 radical (unpaired) electrons. The molecule has 0 fully saturated rings. The number of aryl methyl sites for hydroxylation is 1. The molecule has 0 aliphatic carbocycles. The molecule has 1 aromatic rings. The molecule has 0 unspecified atom stereocenters. The average molecular weight is 182 g/mol. The monoisotopic (exact) mass is 182 g/mol. The predicted molar refractivity (Wildman–Crippen MR) is 52.4 cm³/mol. The molecule has 0 atom stereocenters. The SMILES string of the molecule is CCCSc1ncc(CC)cn1. The maximum absolute atomic E-state index is 4.24. The van der Waals surface area contributed by atoms with Gasteiger partial charge in [0.1, 0.15) is 0 Å². The number of hydrogen-bond donors (Lipinski definition) is 0. The number of hydrogen-bond acceptors (Lipinski definition) is 3. The molecule has 1 rings (SSSR count). The fourth-order valence-corrected chi connectivity index (χ4v) is 1.43. The van der Waals surface area contributed by atoms with Gasteiger partial charge in [-0.25, -0.2) is 9.97 Å². The van der Waals surface area contributed by atoms with Gasteiger partial charge in [-0.3, -0.25) is 0 Å². The largest absolute Gasteiger partial charge is 0.231 e. The summed E-state index contributed by atoms with van der Waals surface area (Å²) < 4.78 is 0. The summed E-state index contributed by atoms with van der Waals surface area (Å²) in [6, 6.07) is 0. The van der Waals surface area contributed by atoms with Crippen LogP contribution in [0.5, 0.6) is 0 Å². The molecule has 2 nitrogen and oxygen atoms in total. The minimum Gasteiger partial charge on any atom is -0.231 e. The Hall–Kier alpha value is -0.570. The van der Waals surface area contributed by atoms with E-state index in [-0.39, 0.29) is 0 Å². The third kappa shape index (κ3) is 2.81. The van der Waals surface area contributed by atoms with E-state index in [1.54, 1.807) is 11.8 Å². The zero-order chi connectivity index (χ0) is 8.81. The molecule has 0 amide bonds. The lowest BCUT2D eigenvalue weighted by molar-refractivity contribution is 0.922. The summed E-state index contributed by atoms with van der Waals surface area (Å²) in [5.74, 6) is 1.10. The van der Waals surface area contributed by atoms with Gasteiger partial charge >= 0.3 is 0 Å². The highest BCUT2D eigenvalue weighted by Gasteiger charge is 1.95. The molecule has 0 saturated carbocycles. The lowest BCUT2D eigenvalue weighted by atomic mass is 10.3. The maximum Gasteiger partial charge on any atom is 0.187 e. The lowest BCUT2D eigenvalue weighted by Crippen LogP contribution is -1.89. The number of aromatic nitrogens is 2. The zero-order valence-corrected chi connectivity index (χ0v) is 8.40. The average Bonchev–Trinajstić information content (AvgIpc) is 2.15. The highest BCUT2D eigenvalue weighted by Crippen LogP contribution is 2.12. The first kappa shape index (κ1) is 9.52. The molecule has 0 aliphatic rings. The van der Waals surface area contributed by atoms with E-state index in [0.717, 1.165) is 17.3 Å². The molecule has 1 aromatic heterocycles. The van der Waals surface area contributed by atoms with Crippen molar-refractivity contribution in [3.05, 3.63) is 18.0 Å². The Labute approximate surface area is 77.8 Å². The Kier molecular flexibility index (Phi) is 4.08. The zero-order valence-electron chi connectivity index (χ0n) is 7.58. The second kappa shape index (κ2) is 5.14. The molecule has 12 heavy (non-hydrogen) atoms. The van der Waals surface area contributed by atoms with Crippen LogP contribution in [-0.2, 0) is 6.42 Å². The van der Waals surface area contributed by atoms with E-state index in [1.807, 2.05) is 12.4 Å². The van der Waals surface area contributed by atoms with Crippen molar-refractivity contribution in [2.24, 2.45) is 0 Å². The van der Waals surface area contributed by atoms with Gasteiger partial charge in [-0.1, -0.05) is 25.6 Å². The van der Waals surface area contributed by atoms with E-state index in [9.17, 15) is 0 Å². The van der Waals surface area contributed by atoms with E-state index >= 15 is 0 Å². The normalized spacial score (nSPS) is 10.2. The van der Waals surface area contributed by atoms with Crippen LogP contribution in [0.15, 0.2) is 17.6 Å². The summed E-state index contributed by atoms with van der Waals surface area (Å²) in [5.41, 5.74) is 1.20. The van der Waals surface area contributed by atoms with Crippen LogP contribution < -0.4 is 0 Å². The highest BCUT2D eigenvalue weighted by atomic mass is 32.2. The number of rotatable bonds is 4. The van der Waals surface area contributed by atoms with E-state index < -0.39 is 0 Å². The maximum atomic E-state index is 4.24. The Balaban J connectivity index is 2.53. The van der Waals surface area contributed by atoms with Crippen LogP contribution in [0.4, 0.5) is 0 Å². The Morgan fingerprint density at radius 2 is 1.92 bits per heavy atom. The Morgan fingerprint density at radius 3 is 2.42 bits per heavy atom. The highest BCUT2D eigenvalue weighted by molar-refractivity contribution is 7.99. The molecule has 0 bridgehead atoms. The summed E-state index contributed by atoms with van der Waals surface area (Å²) in [7, 11) is 0. The van der Waals surface area contributed by atoms with Crippen LogP contribution in [0.25, 0.3) is 0 Å². The standard InChI is InChI=1S/C9H14N2S/c1-3-5-12-9-10-6-8(4-2)7-11-9/h6-7H,3-5H2,1-2H3. The second-order valence-electron chi connectivity index (χ2n) is 2.58. The molecule has 0 saturated heterocycles. The summed E-state index contributed by atoms with van der Waals surface area (Å²) in [6.07, 6.45) is 6.00. The van der Waals surface area contributed by atoms with Crippen molar-refractivity contribution < 1.29 is 0 Å². The smallest absolute Gasteiger partial charge is 0.187 e. The van der Waals surface area contributed by atoms with Crippen molar-refractivity contribution >= 4 is 11.8 Å². The molecule has 0 aromatic carbocycles. The third-order valence-electron chi connectivity index (χ3n) is 1.53. The van der Waals surface area contributed by atoms with Gasteiger partial charge in [0, 0.05) is 18.1 Å². The van der Waals surface area contributed by atoms with Crippen molar-refractivity contribution in [2.75, 3.05) is 5.75 Å². The molecule has 0 aliphatic heterocycles. The molecule has 0 N–H and O–H groups in total. The Morgan fingerprint density at radius 1 is 1.25 bits per heavy atom. The molecule has 1 heterocycles. The van der Waals surface area contributed by atoms with Crippen molar-refractivity contribution in [3.8, 4) is 0 Å². The summed E-state index contributed by atoms with van der Waals surface area (Å²) in [4.78, 5) is 8.48. The first-order chi connectivity index (χ1) is 5.86. The fourth-order valence-electron chi connectivity index (χ4n) is 0.793. The van der Waals surface area contributed by atoms with E-state index in [2.05, 4.69) is 23.8 Å². The Bertz CT molecular complexity index is 220. The number of thioether (sulfide) groups is 1. The second-order valence-corrected chi connectivity index (χ2v) is 3.64. The number of nitrogens with zero attached hydrogens (tertiary/aromatic N) is 2. The summed E-state index contributed by atoms with van der Waals surface area (Å²) in [5, 5.41) is 0.897. The van der Waals surface area contributed by atoms with Gasteiger partial charge in [0.25, 0.3) is 0 Å². The van der Waals surface area contributed by atoms with Crippen LogP contribution in [0.3, 0.4) is 0 Å². The molecule has 3 heteroatoms. The van der Waals surface area contributed by atoms with Crippen molar-refractivity contribution in [3.63, 3.8) is 0 Å². The van der Waals surface area contributed by atoms with E-state index in [1.165, 1.54) is 12.0 Å². The third-order valence-corrected chi connectivity index (χ3v) is 2.61. The van der Waals surface area contributed by atoms with Crippen LogP contribution >= 0.6 is 11.8 Å². The predicted octanol–water partition coefficient (Wildman–Crippen LogP) is 2.54. The van der Waals surface area contributed by atoms with Gasteiger partial charge in [-0.15, -0.1) is 0 Å². The van der Waals surface area contributed by atoms with E-state index in [0.29, 0.717) is 0 Å². The van der Waals surface area contributed by atoms with E-state index in [4.69, 9.17) is 0 Å². The summed E-state index contributed by atoms with van der Waals surface area (Å²) in [6.45, 7) is 4.27. The van der Waals surface area contributed by atoms with Crippen LogP contribution in [0, 0.1) is 0 Å². The minimum atomic E-state index is 0.897. The topological polar surface area (TPSA) is 25.8 Å². The van der Waals surface area contributed by atoms with Crippen molar-refractivity contribution in [2.45, 2.75) is 31.8 Å². The van der Waals surface area contributed by atoms with Gasteiger partial charge in [0.05, 0.1) is 0 Å². The van der Waals surface area contributed by atoms with Gasteiger partial charge < -0.3 is 0 Å². The summed E-state index contributed by atoms with van der Waals surface area (Å²) >= 11 is 1.72. The van der Waals surface area contributed by atoms with Crippen LogP contribution in [-0.4, -0.2) is 15.7 Å². The first-order valence-electron chi connectivity index (χ1n) is 4.30. The molecular weight excluding hydrogens is 168 g/mol. The molecular formula is C9H14N2S.